The lowest BCUT2D eigenvalue weighted by Gasteiger charge is -2.41. The number of hydrogen-bond donors (Lipinski definition) is 1. The van der Waals surface area contributed by atoms with Crippen LogP contribution in [0.5, 0.6) is 5.75 Å². The summed E-state index contributed by atoms with van der Waals surface area (Å²) in [5, 5.41) is 13.9. The molecule has 3 rings (SSSR count). The molecule has 1 aliphatic heterocycles. The van der Waals surface area contributed by atoms with Crippen LogP contribution in [-0.2, 0) is 19.6 Å². The summed E-state index contributed by atoms with van der Waals surface area (Å²) in [7, 11) is 1.71. The number of methoxy groups -OCH3 is 1. The predicted octanol–water partition coefficient (Wildman–Crippen LogP) is 2.29. The summed E-state index contributed by atoms with van der Waals surface area (Å²) >= 11 is 0. The van der Waals surface area contributed by atoms with Crippen molar-refractivity contribution in [3.63, 3.8) is 0 Å². The smallest absolute Gasteiger partial charge is 0.121 e. The largest absolute Gasteiger partial charge is 0.496 e. The summed E-state index contributed by atoms with van der Waals surface area (Å²) in [5.41, 5.74) is 3.73. The van der Waals surface area contributed by atoms with Crippen LogP contribution in [0.4, 0.5) is 0 Å². The van der Waals surface area contributed by atoms with Gasteiger partial charge in [-0.15, -0.1) is 0 Å². The van der Waals surface area contributed by atoms with E-state index in [1.165, 1.54) is 16.7 Å². The number of rotatable bonds is 8. The van der Waals surface area contributed by atoms with Gasteiger partial charge in [0.05, 0.1) is 13.3 Å². The molecular weight excluding hydrogens is 340 g/mol. The molecule has 1 aliphatic rings. The molecule has 0 saturated carbocycles. The monoisotopic (exact) mass is 372 g/mol. The van der Waals surface area contributed by atoms with Crippen molar-refractivity contribution in [1.29, 1.82) is 0 Å². The van der Waals surface area contributed by atoms with Crippen LogP contribution in [0.15, 0.2) is 30.6 Å². The molecule has 0 radical (unpaired) electrons. The summed E-state index contributed by atoms with van der Waals surface area (Å²) < 4.78 is 7.34. The van der Waals surface area contributed by atoms with Gasteiger partial charge in [0.1, 0.15) is 5.75 Å². The number of hydrogen-bond acceptors (Lipinski definition) is 5. The molecule has 1 saturated heterocycles. The molecule has 0 spiro atoms. The molecule has 0 aliphatic carbocycles. The minimum Gasteiger partial charge on any atom is -0.496 e. The molecule has 0 bridgehead atoms. The van der Waals surface area contributed by atoms with Gasteiger partial charge in [-0.25, -0.2) is 0 Å². The zero-order chi connectivity index (χ0) is 19.2. The maximum Gasteiger partial charge on any atom is 0.121 e. The molecule has 27 heavy (non-hydrogen) atoms. The first-order valence-electron chi connectivity index (χ1n) is 9.85. The normalized spacial score (nSPS) is 18.7. The highest BCUT2D eigenvalue weighted by atomic mass is 16.5. The third kappa shape index (κ3) is 5.09. The van der Waals surface area contributed by atoms with E-state index in [0.717, 1.165) is 51.4 Å². The summed E-state index contributed by atoms with van der Waals surface area (Å²) in [6, 6.07) is 6.77. The van der Waals surface area contributed by atoms with Crippen molar-refractivity contribution in [3.8, 4) is 5.75 Å². The van der Waals surface area contributed by atoms with Gasteiger partial charge in [-0.05, 0) is 37.5 Å². The molecule has 1 aromatic heterocycles. The fourth-order valence-corrected chi connectivity index (χ4v) is 3.92. The van der Waals surface area contributed by atoms with Gasteiger partial charge in [0.2, 0.25) is 0 Å². The maximum absolute atomic E-state index is 9.55. The van der Waals surface area contributed by atoms with E-state index >= 15 is 0 Å². The average molecular weight is 373 g/mol. The van der Waals surface area contributed by atoms with Crippen LogP contribution < -0.4 is 4.74 Å². The molecule has 6 heteroatoms. The first kappa shape index (κ1) is 19.9. The van der Waals surface area contributed by atoms with E-state index in [1.807, 2.05) is 16.9 Å². The second-order valence-electron chi connectivity index (χ2n) is 7.38. The number of ether oxygens (including phenoxy) is 1. The maximum atomic E-state index is 9.55. The first-order chi connectivity index (χ1) is 13.1. The highest BCUT2D eigenvalue weighted by molar-refractivity contribution is 5.36. The van der Waals surface area contributed by atoms with Gasteiger partial charge in [-0.3, -0.25) is 14.5 Å². The van der Waals surface area contributed by atoms with Crippen molar-refractivity contribution in [3.05, 3.63) is 47.3 Å². The van der Waals surface area contributed by atoms with E-state index < -0.39 is 0 Å². The second kappa shape index (κ2) is 9.35. The van der Waals surface area contributed by atoms with Crippen LogP contribution in [-0.4, -0.2) is 64.1 Å². The SMILES string of the molecule is CCn1cc(CN2CCN(Cc3ccc(OC)c(C)c3)C(CCO)C2)cn1. The number of piperazine rings is 1. The number of aryl methyl sites for hydroxylation is 2. The van der Waals surface area contributed by atoms with E-state index in [2.05, 4.69) is 47.1 Å². The van der Waals surface area contributed by atoms with Gasteiger partial charge >= 0.3 is 0 Å². The van der Waals surface area contributed by atoms with Gasteiger partial charge in [0.25, 0.3) is 0 Å². The van der Waals surface area contributed by atoms with Gasteiger partial charge < -0.3 is 9.84 Å². The lowest BCUT2D eigenvalue weighted by atomic mass is 10.1. The highest BCUT2D eigenvalue weighted by Crippen LogP contribution is 2.22. The Kier molecular flexibility index (Phi) is 6.88. The summed E-state index contributed by atoms with van der Waals surface area (Å²) in [6.45, 7) is 10.2. The van der Waals surface area contributed by atoms with Gasteiger partial charge in [0.15, 0.2) is 0 Å². The Morgan fingerprint density at radius 3 is 2.74 bits per heavy atom. The molecule has 2 heterocycles. The number of nitrogens with zero attached hydrogens (tertiary/aromatic N) is 4. The minimum atomic E-state index is 0.227. The Hall–Kier alpha value is -1.89. The molecule has 1 fully saturated rings. The van der Waals surface area contributed by atoms with Crippen molar-refractivity contribution >= 4 is 0 Å². The zero-order valence-electron chi connectivity index (χ0n) is 16.8. The van der Waals surface area contributed by atoms with Gasteiger partial charge in [-0.1, -0.05) is 12.1 Å². The third-order valence-electron chi connectivity index (χ3n) is 5.41. The Morgan fingerprint density at radius 2 is 2.07 bits per heavy atom. The number of aliphatic hydroxyl groups excluding tert-OH is 1. The van der Waals surface area contributed by atoms with Crippen LogP contribution in [0.2, 0.25) is 0 Å². The van der Waals surface area contributed by atoms with Crippen molar-refractivity contribution in [2.45, 2.75) is 45.9 Å². The van der Waals surface area contributed by atoms with Gasteiger partial charge in [-0.2, -0.15) is 5.10 Å². The molecule has 0 amide bonds. The van der Waals surface area contributed by atoms with Crippen molar-refractivity contribution in [2.24, 2.45) is 0 Å². The molecular formula is C21H32N4O2. The van der Waals surface area contributed by atoms with Crippen LogP contribution in [0.1, 0.15) is 30.0 Å². The molecule has 2 aromatic rings. The molecule has 1 aromatic carbocycles. The molecule has 1 N–H and O–H groups in total. The minimum absolute atomic E-state index is 0.227. The predicted molar refractivity (Wildman–Crippen MR) is 107 cm³/mol. The number of aliphatic hydroxyl groups is 1. The molecule has 6 nitrogen and oxygen atoms in total. The van der Waals surface area contributed by atoms with E-state index in [-0.39, 0.29) is 6.61 Å². The lowest BCUT2D eigenvalue weighted by molar-refractivity contribution is 0.0499. The molecule has 1 atom stereocenters. The van der Waals surface area contributed by atoms with Crippen molar-refractivity contribution in [2.75, 3.05) is 33.4 Å². The average Bonchev–Trinajstić information content (AvgIpc) is 3.12. The summed E-state index contributed by atoms with van der Waals surface area (Å²) in [6.07, 6.45) is 4.91. The first-order valence-corrected chi connectivity index (χ1v) is 9.85. The van der Waals surface area contributed by atoms with E-state index in [0.29, 0.717) is 6.04 Å². The van der Waals surface area contributed by atoms with Crippen LogP contribution in [0.25, 0.3) is 0 Å². The van der Waals surface area contributed by atoms with Crippen molar-refractivity contribution < 1.29 is 9.84 Å². The number of aromatic nitrogens is 2. The fraction of sp³-hybridized carbons (Fsp3) is 0.571. The number of benzene rings is 1. The quantitative estimate of drug-likeness (QED) is 0.771. The zero-order valence-corrected chi connectivity index (χ0v) is 16.8. The van der Waals surface area contributed by atoms with Crippen LogP contribution >= 0.6 is 0 Å². The van der Waals surface area contributed by atoms with E-state index in [4.69, 9.17) is 4.74 Å². The Morgan fingerprint density at radius 1 is 1.22 bits per heavy atom. The highest BCUT2D eigenvalue weighted by Gasteiger charge is 2.27. The fourth-order valence-electron chi connectivity index (χ4n) is 3.92. The van der Waals surface area contributed by atoms with E-state index in [9.17, 15) is 5.11 Å². The molecule has 148 valence electrons. The van der Waals surface area contributed by atoms with Crippen LogP contribution in [0.3, 0.4) is 0 Å². The van der Waals surface area contributed by atoms with Crippen molar-refractivity contribution in [1.82, 2.24) is 19.6 Å². The summed E-state index contributed by atoms with van der Waals surface area (Å²) in [4.78, 5) is 4.98. The molecule has 1 unspecified atom stereocenters. The Balaban J connectivity index is 1.62. The second-order valence-corrected chi connectivity index (χ2v) is 7.38. The standard InChI is InChI=1S/C21H32N4O2/c1-4-25-15-19(12-22-25)13-23-8-9-24(20(16-23)7-10-26)14-18-5-6-21(27-3)17(2)11-18/h5-6,11-12,15,20,26H,4,7-10,13-14,16H2,1-3H3. The Labute approximate surface area is 162 Å². The summed E-state index contributed by atoms with van der Waals surface area (Å²) in [5.74, 6) is 0.933. The Bertz CT molecular complexity index is 731. The lowest BCUT2D eigenvalue weighted by Crippen LogP contribution is -2.52. The topological polar surface area (TPSA) is 53.8 Å². The van der Waals surface area contributed by atoms with E-state index in [1.54, 1.807) is 7.11 Å². The van der Waals surface area contributed by atoms with Crippen LogP contribution in [0, 0.1) is 6.92 Å². The third-order valence-corrected chi connectivity index (χ3v) is 5.41. The van der Waals surface area contributed by atoms with Gasteiger partial charge in [0, 0.05) is 63.7 Å².